The fourth-order valence-corrected chi connectivity index (χ4v) is 4.77. The van der Waals surface area contributed by atoms with Crippen molar-refractivity contribution in [2.45, 2.75) is 61.4 Å². The largest absolute Gasteiger partial charge is 0.395 e. The van der Waals surface area contributed by atoms with E-state index in [4.69, 9.17) is 5.73 Å². The highest BCUT2D eigenvalue weighted by molar-refractivity contribution is 5.95. The summed E-state index contributed by atoms with van der Waals surface area (Å²) >= 11 is 0. The topological polar surface area (TPSA) is 249 Å². The number of aliphatic hydroxyl groups excluding tert-OH is 6. The lowest BCUT2D eigenvalue weighted by molar-refractivity contribution is -0.149. The number of hydrogen-bond acceptors (Lipinski definition) is 12. The van der Waals surface area contributed by atoms with Gasteiger partial charge in [-0.15, -0.1) is 0 Å². The van der Waals surface area contributed by atoms with Crippen LogP contribution in [-0.2, 0) is 19.2 Å². The summed E-state index contributed by atoms with van der Waals surface area (Å²) in [5, 5.41) is 62.4. The summed E-state index contributed by atoms with van der Waals surface area (Å²) in [5.41, 5.74) is 7.86. The first-order valence-corrected chi connectivity index (χ1v) is 11.6. The molecular formula is C20H34N6O10. The molecule has 0 saturated carbocycles. The maximum Gasteiger partial charge on any atom is 0.246 e. The molecule has 3 rings (SSSR count). The number of nitrogens with zero attached hydrogens (tertiary/aromatic N) is 3. The van der Waals surface area contributed by atoms with E-state index in [1.807, 2.05) is 0 Å². The Hall–Kier alpha value is -2.44. The van der Waals surface area contributed by atoms with Gasteiger partial charge in [-0.3, -0.25) is 19.2 Å². The summed E-state index contributed by atoms with van der Waals surface area (Å²) in [6, 6.07) is -4.63. The maximum absolute atomic E-state index is 13.4. The van der Waals surface area contributed by atoms with E-state index >= 15 is 0 Å². The standard InChI is InChI=1S/C20H34N6O10/c21-18(34)12(8-28)22-19(35)13-1-9(29)4-26(13)20(36)14-2-10(30)3-25(14)16(32)6-24-5-15(31)17(33)11(7-27)23-24/h9-15,17,23,27-31,33H,1-8H2,(H2,21,34)(H,22,35)/t9-,10-,11-,12+,13+,14+,15-,17-/m1/s1. The van der Waals surface area contributed by atoms with Crippen LogP contribution in [0.5, 0.6) is 0 Å². The number of β-amino-alcohol motifs (C(OH)–C–C–N with tert-alkyl or cyclic N) is 3. The Morgan fingerprint density at radius 3 is 2.14 bits per heavy atom. The number of primary amides is 1. The minimum Gasteiger partial charge on any atom is -0.395 e. The highest BCUT2D eigenvalue weighted by atomic mass is 16.3. The van der Waals surface area contributed by atoms with Crippen LogP contribution in [0.1, 0.15) is 12.8 Å². The summed E-state index contributed by atoms with van der Waals surface area (Å²) in [6.07, 6.45) is -4.80. The fraction of sp³-hybridized carbons (Fsp3) is 0.800. The number of amides is 4. The van der Waals surface area contributed by atoms with E-state index in [1.165, 1.54) is 5.01 Å². The van der Waals surface area contributed by atoms with Crippen molar-refractivity contribution in [3.05, 3.63) is 0 Å². The second-order valence-corrected chi connectivity index (χ2v) is 9.35. The highest BCUT2D eigenvalue weighted by Crippen LogP contribution is 2.26. The van der Waals surface area contributed by atoms with Gasteiger partial charge < -0.3 is 51.5 Å². The molecule has 16 heteroatoms. The lowest BCUT2D eigenvalue weighted by atomic mass is 10.0. The van der Waals surface area contributed by atoms with Crippen LogP contribution in [0, 0.1) is 0 Å². The second kappa shape index (κ2) is 11.7. The van der Waals surface area contributed by atoms with E-state index in [1.54, 1.807) is 0 Å². The maximum atomic E-state index is 13.4. The molecule has 0 bridgehead atoms. The van der Waals surface area contributed by atoms with Gasteiger partial charge in [0.1, 0.15) is 24.2 Å². The zero-order chi connectivity index (χ0) is 26.7. The van der Waals surface area contributed by atoms with E-state index in [2.05, 4.69) is 10.7 Å². The van der Waals surface area contributed by atoms with Gasteiger partial charge in [0.2, 0.25) is 23.6 Å². The summed E-state index contributed by atoms with van der Waals surface area (Å²) in [4.78, 5) is 52.7. The van der Waals surface area contributed by atoms with Gasteiger partial charge in [0.05, 0.1) is 44.1 Å². The molecule has 0 aromatic rings. The Labute approximate surface area is 206 Å². The van der Waals surface area contributed by atoms with Crippen molar-refractivity contribution in [1.82, 2.24) is 25.6 Å². The quantitative estimate of drug-likeness (QED) is 0.145. The third-order valence-corrected chi connectivity index (χ3v) is 6.68. The van der Waals surface area contributed by atoms with Crippen molar-refractivity contribution >= 4 is 23.6 Å². The normalized spacial score (nSPS) is 34.0. The molecule has 36 heavy (non-hydrogen) atoms. The molecule has 4 amide bonds. The van der Waals surface area contributed by atoms with E-state index in [-0.39, 0.29) is 39.0 Å². The molecule has 3 fully saturated rings. The van der Waals surface area contributed by atoms with E-state index in [0.29, 0.717) is 0 Å². The van der Waals surface area contributed by atoms with Crippen molar-refractivity contribution < 1.29 is 49.8 Å². The zero-order valence-corrected chi connectivity index (χ0v) is 19.5. The first-order chi connectivity index (χ1) is 17.0. The molecule has 0 radical (unpaired) electrons. The molecule has 3 aliphatic heterocycles. The molecular weight excluding hydrogens is 484 g/mol. The molecule has 10 N–H and O–H groups in total. The first kappa shape index (κ1) is 28.1. The van der Waals surface area contributed by atoms with Gasteiger partial charge >= 0.3 is 0 Å². The number of rotatable bonds is 8. The zero-order valence-electron chi connectivity index (χ0n) is 19.5. The average molecular weight is 519 g/mol. The van der Waals surface area contributed by atoms with Crippen molar-refractivity contribution in [2.24, 2.45) is 5.73 Å². The smallest absolute Gasteiger partial charge is 0.246 e. The molecule has 0 unspecified atom stereocenters. The summed E-state index contributed by atoms with van der Waals surface area (Å²) in [6.45, 7) is -2.12. The Balaban J connectivity index is 1.70. The minimum absolute atomic E-state index is 0.111. The van der Waals surface area contributed by atoms with Crippen LogP contribution in [0.2, 0.25) is 0 Å². The van der Waals surface area contributed by atoms with Gasteiger partial charge in [0.25, 0.3) is 0 Å². The van der Waals surface area contributed by atoms with Crippen LogP contribution in [0.15, 0.2) is 0 Å². The van der Waals surface area contributed by atoms with Crippen molar-refractivity contribution in [3.63, 3.8) is 0 Å². The number of hydrogen-bond donors (Lipinski definition) is 9. The molecule has 0 aliphatic carbocycles. The molecule has 204 valence electrons. The monoisotopic (exact) mass is 518 g/mol. The first-order valence-electron chi connectivity index (χ1n) is 11.6. The van der Waals surface area contributed by atoms with Crippen molar-refractivity contribution in [1.29, 1.82) is 0 Å². The van der Waals surface area contributed by atoms with Crippen LogP contribution < -0.4 is 16.5 Å². The highest BCUT2D eigenvalue weighted by Gasteiger charge is 2.47. The number of aliphatic hydroxyl groups is 6. The SMILES string of the molecule is NC(=O)[C@H](CO)NC(=O)[C@@H]1C[C@@H](O)CN1C(=O)[C@@H]1C[C@@H](O)CN1C(=O)CN1C[C@@H](O)[C@H](O)[C@@H](CO)N1. The van der Waals surface area contributed by atoms with Crippen LogP contribution in [0.25, 0.3) is 0 Å². The average Bonchev–Trinajstić information content (AvgIpc) is 3.41. The lowest BCUT2D eigenvalue weighted by Crippen LogP contribution is -2.65. The van der Waals surface area contributed by atoms with Crippen LogP contribution in [0.3, 0.4) is 0 Å². The Morgan fingerprint density at radius 2 is 1.56 bits per heavy atom. The molecule has 16 nitrogen and oxygen atoms in total. The number of hydrazine groups is 1. The van der Waals surface area contributed by atoms with E-state index < -0.39 is 85.4 Å². The fourth-order valence-electron chi connectivity index (χ4n) is 4.77. The number of nitrogens with one attached hydrogen (secondary N) is 2. The van der Waals surface area contributed by atoms with Crippen molar-refractivity contribution in [3.8, 4) is 0 Å². The molecule has 0 aromatic carbocycles. The van der Waals surface area contributed by atoms with Gasteiger partial charge in [-0.2, -0.15) is 0 Å². The molecule has 3 aliphatic rings. The van der Waals surface area contributed by atoms with E-state index in [9.17, 15) is 49.8 Å². The van der Waals surface area contributed by atoms with Crippen LogP contribution in [-0.4, -0.2) is 157 Å². The Kier molecular flexibility index (Phi) is 9.18. The van der Waals surface area contributed by atoms with Crippen LogP contribution in [0.4, 0.5) is 0 Å². The minimum atomic E-state index is -1.38. The second-order valence-electron chi connectivity index (χ2n) is 9.35. The molecule has 3 saturated heterocycles. The molecule has 0 spiro atoms. The Bertz CT molecular complexity index is 848. The summed E-state index contributed by atoms with van der Waals surface area (Å²) in [7, 11) is 0. The predicted octanol–water partition coefficient (Wildman–Crippen LogP) is -7.22. The molecule has 3 heterocycles. The molecule has 0 aromatic heterocycles. The predicted molar refractivity (Wildman–Crippen MR) is 118 cm³/mol. The number of nitrogens with two attached hydrogens (primary N) is 1. The summed E-state index contributed by atoms with van der Waals surface area (Å²) in [5.74, 6) is -3.07. The van der Waals surface area contributed by atoms with E-state index in [0.717, 1.165) is 9.80 Å². The third kappa shape index (κ3) is 6.09. The number of carbonyl (C=O) groups is 4. The Morgan fingerprint density at radius 1 is 0.944 bits per heavy atom. The number of likely N-dealkylation sites (tertiary alicyclic amines) is 2. The van der Waals surface area contributed by atoms with Crippen LogP contribution >= 0.6 is 0 Å². The third-order valence-electron chi connectivity index (χ3n) is 6.68. The van der Waals surface area contributed by atoms with Gasteiger partial charge in [-0.05, 0) is 0 Å². The molecule has 8 atom stereocenters. The number of carbonyl (C=O) groups excluding carboxylic acids is 4. The van der Waals surface area contributed by atoms with Gasteiger partial charge in [0.15, 0.2) is 0 Å². The summed E-state index contributed by atoms with van der Waals surface area (Å²) < 4.78 is 0. The van der Waals surface area contributed by atoms with Crippen molar-refractivity contribution in [2.75, 3.05) is 39.4 Å². The van der Waals surface area contributed by atoms with Gasteiger partial charge in [-0.25, -0.2) is 10.4 Å². The lowest BCUT2D eigenvalue weighted by Gasteiger charge is -2.40. The van der Waals surface area contributed by atoms with Gasteiger partial charge in [-0.1, -0.05) is 0 Å². The van der Waals surface area contributed by atoms with Gasteiger partial charge in [0, 0.05) is 32.5 Å².